The summed E-state index contributed by atoms with van der Waals surface area (Å²) in [5, 5.41) is 9.73. The molecule has 0 bridgehead atoms. The van der Waals surface area contributed by atoms with Gasteiger partial charge in [-0.1, -0.05) is 30.3 Å². The van der Waals surface area contributed by atoms with Gasteiger partial charge in [0.1, 0.15) is 0 Å². The van der Waals surface area contributed by atoms with E-state index in [0.29, 0.717) is 5.69 Å². The smallest absolute Gasteiger partial charge is 0.276 e. The largest absolute Gasteiger partial charge is 0.740 e. The molecule has 0 fully saturated rings. The van der Waals surface area contributed by atoms with Gasteiger partial charge in [-0.15, -0.1) is 5.10 Å². The van der Waals surface area contributed by atoms with Crippen LogP contribution in [0, 0.1) is 0 Å². The summed E-state index contributed by atoms with van der Waals surface area (Å²) in [6.45, 7) is 6.75. The van der Waals surface area contributed by atoms with Crippen LogP contribution < -0.4 is 10.9 Å². The van der Waals surface area contributed by atoms with Crippen molar-refractivity contribution in [2.24, 2.45) is 0 Å². The summed E-state index contributed by atoms with van der Waals surface area (Å²) in [6, 6.07) is 9.12. The van der Waals surface area contributed by atoms with E-state index in [-0.39, 0.29) is 10.7 Å². The molecule has 19 heavy (non-hydrogen) atoms. The molecule has 0 spiro atoms. The number of nitrogens with one attached hydrogen (secondary N) is 1. The second-order valence-corrected chi connectivity index (χ2v) is 4.17. The zero-order valence-electron chi connectivity index (χ0n) is 11.1. The van der Waals surface area contributed by atoms with Crippen LogP contribution >= 0.6 is 0 Å². The number of aromatic amines is 1. The molecule has 6 heteroatoms. The number of H-pyrrole nitrogens is 1. The van der Waals surface area contributed by atoms with Crippen LogP contribution in [-0.2, 0) is 12.6 Å². The average Bonchev–Trinajstić information content (AvgIpc) is 2.41. The molecular weight excluding hydrogens is 260 g/mol. The standard InChI is InChI=1S/C9H7N3OS.C4H11N/c13-8-7(11-12-9(14)10-8)6-4-2-1-3-5-6;1-3-5-4-2/h1-5H,(H2,10,12,13,14);5H,3-4H2,1-2H3. The highest BCUT2D eigenvalue weighted by Gasteiger charge is 2.02. The fraction of sp³-hybridized carbons (Fsp3) is 0.308. The Morgan fingerprint density at radius 2 is 1.79 bits per heavy atom. The van der Waals surface area contributed by atoms with Gasteiger partial charge in [0, 0.05) is 10.7 Å². The van der Waals surface area contributed by atoms with E-state index in [4.69, 9.17) is 0 Å². The molecule has 1 aromatic carbocycles. The first-order chi connectivity index (χ1) is 9.19. The minimum absolute atomic E-state index is 0.106. The van der Waals surface area contributed by atoms with E-state index < -0.39 is 0 Å². The Morgan fingerprint density at radius 3 is 2.26 bits per heavy atom. The molecule has 0 aliphatic heterocycles. The van der Waals surface area contributed by atoms with Gasteiger partial charge in [0.2, 0.25) is 0 Å². The first-order valence-corrected chi connectivity index (χ1v) is 6.61. The Balaban J connectivity index is 0.000000312. The maximum Gasteiger partial charge on any atom is 0.276 e. The van der Waals surface area contributed by atoms with E-state index in [0.717, 1.165) is 5.56 Å². The Kier molecular flexibility index (Phi) is 6.70. The van der Waals surface area contributed by atoms with Gasteiger partial charge in [-0.25, -0.2) is 0 Å². The van der Waals surface area contributed by atoms with Gasteiger partial charge in [0.25, 0.3) is 5.56 Å². The summed E-state index contributed by atoms with van der Waals surface area (Å²) >= 11 is 4.68. The summed E-state index contributed by atoms with van der Waals surface area (Å²) in [7, 11) is 0. The third-order valence-corrected chi connectivity index (χ3v) is 2.48. The number of rotatable bonds is 3. The summed E-state index contributed by atoms with van der Waals surface area (Å²) in [5.74, 6) is 0. The molecule has 0 amide bonds. The van der Waals surface area contributed by atoms with E-state index in [9.17, 15) is 4.79 Å². The van der Waals surface area contributed by atoms with E-state index in [1.54, 1.807) is 12.1 Å². The van der Waals surface area contributed by atoms with E-state index in [2.05, 4.69) is 47.0 Å². The number of benzene rings is 1. The van der Waals surface area contributed by atoms with Crippen LogP contribution in [0.1, 0.15) is 13.8 Å². The lowest BCUT2D eigenvalue weighted by Gasteiger charge is -2.03. The summed E-state index contributed by atoms with van der Waals surface area (Å²) < 4.78 is 0. The molecule has 0 saturated heterocycles. The summed E-state index contributed by atoms with van der Waals surface area (Å²) in [6.07, 6.45) is 0. The second-order valence-electron chi connectivity index (χ2n) is 3.78. The van der Waals surface area contributed by atoms with Crippen LogP contribution in [0.3, 0.4) is 0 Å². The minimum atomic E-state index is -0.309. The van der Waals surface area contributed by atoms with Crippen LogP contribution in [0.25, 0.3) is 11.3 Å². The summed E-state index contributed by atoms with van der Waals surface area (Å²) in [5.41, 5.74) is 0.714. The normalized spacial score (nSPS) is 9.58. The van der Waals surface area contributed by atoms with Gasteiger partial charge >= 0.3 is 0 Å². The van der Waals surface area contributed by atoms with Crippen molar-refractivity contribution in [1.29, 1.82) is 0 Å². The third kappa shape index (κ3) is 5.15. The Morgan fingerprint density at radius 1 is 1.16 bits per heavy atom. The Hall–Kier alpha value is -1.79. The van der Waals surface area contributed by atoms with Crippen LogP contribution in [0.15, 0.2) is 40.3 Å². The highest BCUT2D eigenvalue weighted by atomic mass is 32.1. The molecular formula is C13H18N4OS. The molecule has 2 aromatic rings. The van der Waals surface area contributed by atoms with Crippen LogP contribution in [0.2, 0.25) is 0 Å². The zero-order valence-corrected chi connectivity index (χ0v) is 11.9. The number of nitrogens with zero attached hydrogens (tertiary/aromatic N) is 2. The number of quaternary nitrogens is 1. The number of hydrogen-bond acceptors (Lipinski definition) is 4. The van der Waals surface area contributed by atoms with Gasteiger partial charge in [-0.2, -0.15) is 5.10 Å². The van der Waals surface area contributed by atoms with E-state index in [1.807, 2.05) is 18.2 Å². The highest BCUT2D eigenvalue weighted by molar-refractivity contribution is 7.58. The SMILES string of the molecule is CC[NH2+]CC.O=c1[nH]c([S-])nnc1-c1ccccc1. The molecule has 2 rings (SSSR count). The molecule has 0 atom stereocenters. The summed E-state index contributed by atoms with van der Waals surface area (Å²) in [4.78, 5) is 13.8. The fourth-order valence-electron chi connectivity index (χ4n) is 1.40. The van der Waals surface area contributed by atoms with Gasteiger partial charge in [0.15, 0.2) is 5.69 Å². The number of nitrogens with two attached hydrogens (primary N) is 1. The molecule has 5 nitrogen and oxygen atoms in total. The van der Waals surface area contributed by atoms with Crippen molar-refractivity contribution in [2.45, 2.75) is 19.0 Å². The van der Waals surface area contributed by atoms with Gasteiger partial charge in [-0.3, -0.25) is 4.79 Å². The Bertz CT molecular complexity index is 540. The van der Waals surface area contributed by atoms with Crippen molar-refractivity contribution < 1.29 is 5.32 Å². The fourth-order valence-corrected chi connectivity index (χ4v) is 1.53. The predicted octanol–water partition coefficient (Wildman–Crippen LogP) is 0.327. The van der Waals surface area contributed by atoms with Crippen molar-refractivity contribution >= 4 is 12.6 Å². The van der Waals surface area contributed by atoms with Gasteiger partial charge < -0.3 is 22.9 Å². The predicted molar refractivity (Wildman–Crippen MR) is 76.7 cm³/mol. The number of hydrogen-bond donors (Lipinski definition) is 2. The topological polar surface area (TPSA) is 75.2 Å². The van der Waals surface area contributed by atoms with E-state index >= 15 is 0 Å². The van der Waals surface area contributed by atoms with Crippen LogP contribution in [-0.4, -0.2) is 28.3 Å². The first kappa shape index (κ1) is 15.3. The van der Waals surface area contributed by atoms with Crippen molar-refractivity contribution in [2.75, 3.05) is 13.1 Å². The average molecular weight is 278 g/mol. The van der Waals surface area contributed by atoms with Gasteiger partial charge in [0.05, 0.1) is 13.1 Å². The Labute approximate surface area is 117 Å². The molecule has 1 heterocycles. The van der Waals surface area contributed by atoms with Crippen molar-refractivity contribution in [3.8, 4) is 11.3 Å². The quantitative estimate of drug-likeness (QED) is 0.793. The lowest BCUT2D eigenvalue weighted by molar-refractivity contribution is -0.648. The molecule has 3 N–H and O–H groups in total. The minimum Gasteiger partial charge on any atom is -0.740 e. The molecule has 0 radical (unpaired) electrons. The van der Waals surface area contributed by atoms with Crippen molar-refractivity contribution in [3.05, 3.63) is 40.7 Å². The van der Waals surface area contributed by atoms with E-state index in [1.165, 1.54) is 13.1 Å². The van der Waals surface area contributed by atoms with Gasteiger partial charge in [-0.05, 0) is 13.8 Å². The lowest BCUT2D eigenvalue weighted by Crippen LogP contribution is -2.82. The molecule has 0 aliphatic carbocycles. The molecule has 0 aliphatic rings. The third-order valence-electron chi connectivity index (χ3n) is 2.30. The van der Waals surface area contributed by atoms with Crippen LogP contribution in [0.4, 0.5) is 0 Å². The molecule has 1 aromatic heterocycles. The molecule has 0 saturated carbocycles. The van der Waals surface area contributed by atoms with Crippen molar-refractivity contribution in [1.82, 2.24) is 15.2 Å². The van der Waals surface area contributed by atoms with Crippen molar-refractivity contribution in [3.63, 3.8) is 0 Å². The number of aromatic nitrogens is 3. The monoisotopic (exact) mass is 278 g/mol. The maximum atomic E-state index is 11.4. The second kappa shape index (κ2) is 8.34. The maximum absolute atomic E-state index is 11.4. The highest BCUT2D eigenvalue weighted by Crippen LogP contribution is 2.09. The van der Waals surface area contributed by atoms with Crippen LogP contribution in [0.5, 0.6) is 0 Å². The first-order valence-electron chi connectivity index (χ1n) is 6.20. The molecule has 0 unspecified atom stereocenters. The zero-order chi connectivity index (χ0) is 14.1. The molecule has 102 valence electrons. The lowest BCUT2D eigenvalue weighted by atomic mass is 10.2.